The molecule has 0 fully saturated rings. The van der Waals surface area contributed by atoms with E-state index in [1.165, 1.54) is 4.68 Å². The third-order valence-corrected chi connectivity index (χ3v) is 4.02. The van der Waals surface area contributed by atoms with Crippen LogP contribution in [0.1, 0.15) is 32.3 Å². The smallest absolute Gasteiger partial charge is 0.114 e. The predicted octanol–water partition coefficient (Wildman–Crippen LogP) is 1.65. The van der Waals surface area contributed by atoms with Crippen molar-refractivity contribution >= 4 is 16.7 Å². The summed E-state index contributed by atoms with van der Waals surface area (Å²) in [6, 6.07) is 5.56. The number of benzene rings is 1. The van der Waals surface area contributed by atoms with E-state index in [0.29, 0.717) is 24.1 Å². The largest absolute Gasteiger partial charge is 0.385 e. The number of hydrogen-bond acceptors (Lipinski definition) is 4. The molecule has 0 amide bonds. The van der Waals surface area contributed by atoms with Crippen LogP contribution in [0.5, 0.6) is 0 Å². The summed E-state index contributed by atoms with van der Waals surface area (Å²) in [7, 11) is 0. The summed E-state index contributed by atoms with van der Waals surface area (Å²) in [5.41, 5.74) is 0.528. The molecule has 0 aliphatic carbocycles. The van der Waals surface area contributed by atoms with Gasteiger partial charge in [0.05, 0.1) is 11.3 Å². The van der Waals surface area contributed by atoms with E-state index in [9.17, 15) is 10.2 Å². The third-order valence-electron chi connectivity index (χ3n) is 4.02. The maximum absolute atomic E-state index is 10.7. The lowest BCUT2D eigenvalue weighted by atomic mass is 9.83. The van der Waals surface area contributed by atoms with Crippen molar-refractivity contribution in [2.24, 2.45) is 0 Å². The Bertz CT molecular complexity index is 670. The minimum absolute atomic E-state index is 0.411. The number of hydrogen-bond donors (Lipinski definition) is 2. The molecule has 0 radical (unpaired) electrons. The molecule has 2 N–H and O–H groups in total. The topological polar surface area (TPSA) is 71.2 Å². The molecule has 0 bridgehead atoms. The number of nitrogens with zero attached hydrogens (tertiary/aromatic N) is 3. The van der Waals surface area contributed by atoms with Crippen molar-refractivity contribution in [1.29, 1.82) is 0 Å². The first-order chi connectivity index (χ1) is 8.83. The normalized spacial score (nSPS) is 31.3. The van der Waals surface area contributed by atoms with Crippen molar-refractivity contribution in [3.63, 3.8) is 0 Å². The van der Waals surface area contributed by atoms with Crippen molar-refractivity contribution in [3.05, 3.63) is 30.3 Å². The molecule has 19 heavy (non-hydrogen) atoms. The van der Waals surface area contributed by atoms with Crippen LogP contribution in [0.4, 0.5) is 0 Å². The Morgan fingerprint density at radius 3 is 2.63 bits per heavy atom. The second-order valence-electron chi connectivity index (χ2n) is 5.67. The summed E-state index contributed by atoms with van der Waals surface area (Å²) in [6.07, 6.45) is 0.859. The molecule has 1 aliphatic rings. The second kappa shape index (κ2) is 3.65. The molecule has 2 atom stereocenters. The molecular formula is C14H17N3O2. The molecule has 0 spiro atoms. The SMILES string of the molecule is C=C1n2nnc3cccc(c32)[C@@](C)(O)CC[C@@]1(C)O. The van der Waals surface area contributed by atoms with Crippen LogP contribution in [0.3, 0.4) is 0 Å². The van der Waals surface area contributed by atoms with E-state index in [2.05, 4.69) is 16.9 Å². The van der Waals surface area contributed by atoms with Gasteiger partial charge in [0.15, 0.2) is 0 Å². The van der Waals surface area contributed by atoms with Gasteiger partial charge in [-0.3, -0.25) is 0 Å². The van der Waals surface area contributed by atoms with Crippen LogP contribution >= 0.6 is 0 Å². The number of aliphatic hydroxyl groups is 2. The van der Waals surface area contributed by atoms with Gasteiger partial charge in [-0.2, -0.15) is 0 Å². The highest BCUT2D eigenvalue weighted by Gasteiger charge is 2.37. The maximum Gasteiger partial charge on any atom is 0.114 e. The van der Waals surface area contributed by atoms with Crippen LogP contribution in [0, 0.1) is 0 Å². The highest BCUT2D eigenvalue weighted by molar-refractivity contribution is 5.83. The van der Waals surface area contributed by atoms with E-state index >= 15 is 0 Å². The van der Waals surface area contributed by atoms with Gasteiger partial charge in [-0.25, -0.2) is 4.68 Å². The van der Waals surface area contributed by atoms with Gasteiger partial charge in [0.2, 0.25) is 0 Å². The Kier molecular flexibility index (Phi) is 2.37. The zero-order valence-corrected chi connectivity index (χ0v) is 11.1. The monoisotopic (exact) mass is 259 g/mol. The molecule has 1 aromatic heterocycles. The zero-order valence-electron chi connectivity index (χ0n) is 11.1. The fraction of sp³-hybridized carbons (Fsp3) is 0.429. The first-order valence-corrected chi connectivity index (χ1v) is 6.32. The van der Waals surface area contributed by atoms with Crippen molar-refractivity contribution in [2.75, 3.05) is 0 Å². The Labute approximate surface area is 111 Å². The van der Waals surface area contributed by atoms with E-state index < -0.39 is 11.2 Å². The molecule has 2 aromatic rings. The van der Waals surface area contributed by atoms with Crippen LogP contribution in [-0.4, -0.2) is 30.8 Å². The lowest BCUT2D eigenvalue weighted by Crippen LogP contribution is -2.35. The second-order valence-corrected chi connectivity index (χ2v) is 5.67. The summed E-state index contributed by atoms with van der Waals surface area (Å²) in [6.45, 7) is 7.38. The molecular weight excluding hydrogens is 242 g/mol. The molecule has 0 saturated carbocycles. The average molecular weight is 259 g/mol. The van der Waals surface area contributed by atoms with Gasteiger partial charge in [0.25, 0.3) is 0 Å². The molecule has 3 rings (SSSR count). The van der Waals surface area contributed by atoms with Gasteiger partial charge in [-0.15, -0.1) is 5.10 Å². The van der Waals surface area contributed by atoms with Crippen molar-refractivity contribution < 1.29 is 10.2 Å². The summed E-state index contributed by atoms with van der Waals surface area (Å²) >= 11 is 0. The molecule has 5 heteroatoms. The van der Waals surface area contributed by atoms with Gasteiger partial charge >= 0.3 is 0 Å². The molecule has 2 heterocycles. The van der Waals surface area contributed by atoms with Gasteiger partial charge < -0.3 is 10.2 Å². The van der Waals surface area contributed by atoms with E-state index in [1.54, 1.807) is 13.8 Å². The van der Waals surface area contributed by atoms with Crippen LogP contribution < -0.4 is 0 Å². The number of aromatic nitrogens is 3. The van der Waals surface area contributed by atoms with Crippen molar-refractivity contribution in [2.45, 2.75) is 37.9 Å². The third kappa shape index (κ3) is 1.69. The molecule has 1 aromatic carbocycles. The fourth-order valence-electron chi connectivity index (χ4n) is 2.59. The van der Waals surface area contributed by atoms with Crippen molar-refractivity contribution in [1.82, 2.24) is 15.0 Å². The summed E-state index contributed by atoms with van der Waals surface area (Å²) in [5, 5.41) is 29.3. The lowest BCUT2D eigenvalue weighted by molar-refractivity contribution is 0.0143. The lowest BCUT2D eigenvalue weighted by Gasteiger charge is -2.34. The van der Waals surface area contributed by atoms with E-state index in [-0.39, 0.29) is 0 Å². The number of rotatable bonds is 0. The van der Waals surface area contributed by atoms with Gasteiger partial charge in [0.1, 0.15) is 16.6 Å². The highest BCUT2D eigenvalue weighted by atomic mass is 16.3. The van der Waals surface area contributed by atoms with Crippen LogP contribution in [0.25, 0.3) is 16.7 Å². The maximum atomic E-state index is 10.7. The Morgan fingerprint density at radius 2 is 1.89 bits per heavy atom. The van der Waals surface area contributed by atoms with E-state index in [0.717, 1.165) is 11.1 Å². The fourth-order valence-corrected chi connectivity index (χ4v) is 2.59. The first-order valence-electron chi connectivity index (χ1n) is 6.32. The first kappa shape index (κ1) is 12.3. The van der Waals surface area contributed by atoms with Crippen molar-refractivity contribution in [3.8, 4) is 0 Å². The van der Waals surface area contributed by atoms with Gasteiger partial charge in [-0.05, 0) is 32.8 Å². The zero-order chi connectivity index (χ0) is 13.8. The van der Waals surface area contributed by atoms with Crippen LogP contribution in [-0.2, 0) is 5.60 Å². The minimum atomic E-state index is -1.11. The average Bonchev–Trinajstić information content (AvgIpc) is 2.78. The molecule has 0 saturated heterocycles. The minimum Gasteiger partial charge on any atom is -0.385 e. The van der Waals surface area contributed by atoms with E-state index in [1.807, 2.05) is 18.2 Å². The summed E-state index contributed by atoms with van der Waals surface area (Å²) in [5.74, 6) is 0. The quantitative estimate of drug-likeness (QED) is 0.754. The molecule has 0 unspecified atom stereocenters. The number of para-hydroxylation sites is 1. The van der Waals surface area contributed by atoms with Crippen LogP contribution in [0.2, 0.25) is 0 Å². The summed E-state index contributed by atoms with van der Waals surface area (Å²) in [4.78, 5) is 0. The standard InChI is InChI=1S/C14H17N3O2/c1-9-13(2,18)7-8-14(3,19)10-5-4-6-11-12(10)17(9)16-15-11/h4-6,18-19H,1,7-8H2,2-3H3/t13-,14+/m1/s1. The van der Waals surface area contributed by atoms with Crippen LogP contribution in [0.15, 0.2) is 24.8 Å². The van der Waals surface area contributed by atoms with E-state index in [4.69, 9.17) is 0 Å². The molecule has 1 aliphatic heterocycles. The van der Waals surface area contributed by atoms with Gasteiger partial charge in [0, 0.05) is 5.56 Å². The predicted molar refractivity (Wildman–Crippen MR) is 72.3 cm³/mol. The van der Waals surface area contributed by atoms with Gasteiger partial charge in [-0.1, -0.05) is 23.9 Å². The highest BCUT2D eigenvalue weighted by Crippen LogP contribution is 2.39. The Morgan fingerprint density at radius 1 is 1.21 bits per heavy atom. The molecule has 100 valence electrons. The Balaban J connectivity index is 2.39. The molecule has 5 nitrogen and oxygen atoms in total. The summed E-state index contributed by atoms with van der Waals surface area (Å²) < 4.78 is 1.54. The Hall–Kier alpha value is -1.72.